The zero-order valence-corrected chi connectivity index (χ0v) is 26.9. The number of ether oxygens (including phenoxy) is 1. The molecule has 1 fully saturated rings. The number of carbonyl (C=O) groups is 1. The molecule has 2 aliphatic rings. The van der Waals surface area contributed by atoms with E-state index < -0.39 is 5.60 Å². The van der Waals surface area contributed by atoms with Crippen LogP contribution in [0, 0.1) is 20.8 Å². The van der Waals surface area contributed by atoms with E-state index in [0.29, 0.717) is 25.6 Å². The standard InChI is InChI=1S/C35H47N5O2/c1-22(2)27-13-12-25(5)31(19-27)38-15-14-30-29(21-38)33(37-32(36-30)28-18-23(3)10-11-24(28)4)40-17-16-39(20-26(40)6)34(41)42-35(7,8)9/h10-13,18-19,22,26H,14-17,20-21H2,1-9H3. The van der Waals surface area contributed by atoms with E-state index in [1.807, 2.05) is 25.7 Å². The summed E-state index contributed by atoms with van der Waals surface area (Å²) in [7, 11) is 0. The van der Waals surface area contributed by atoms with Crippen molar-refractivity contribution >= 4 is 17.6 Å². The number of aromatic nitrogens is 2. The highest BCUT2D eigenvalue weighted by Gasteiger charge is 2.34. The molecule has 0 spiro atoms. The quantitative estimate of drug-likeness (QED) is 0.331. The summed E-state index contributed by atoms with van der Waals surface area (Å²) in [5, 5.41) is 0. The van der Waals surface area contributed by atoms with Crippen LogP contribution in [0.4, 0.5) is 16.3 Å². The van der Waals surface area contributed by atoms with Crippen LogP contribution in [0.5, 0.6) is 0 Å². The minimum atomic E-state index is -0.516. The molecule has 224 valence electrons. The molecule has 0 radical (unpaired) electrons. The summed E-state index contributed by atoms with van der Waals surface area (Å²) in [6, 6.07) is 13.4. The van der Waals surface area contributed by atoms with E-state index in [-0.39, 0.29) is 12.1 Å². The average molecular weight is 570 g/mol. The predicted octanol–water partition coefficient (Wildman–Crippen LogP) is 7.20. The number of aryl methyl sites for hydroxylation is 3. The van der Waals surface area contributed by atoms with Gasteiger partial charge in [0.1, 0.15) is 11.4 Å². The number of fused-ring (bicyclic) bond motifs is 1. The van der Waals surface area contributed by atoms with Crippen molar-refractivity contribution in [2.45, 2.75) is 92.8 Å². The molecule has 1 aromatic heterocycles. The second kappa shape index (κ2) is 11.6. The molecule has 0 aliphatic carbocycles. The van der Waals surface area contributed by atoms with Crippen LogP contribution in [0.2, 0.25) is 0 Å². The Kier molecular flexibility index (Phi) is 8.23. The lowest BCUT2D eigenvalue weighted by atomic mass is 9.97. The number of amides is 1. The van der Waals surface area contributed by atoms with Gasteiger partial charge >= 0.3 is 6.09 Å². The highest BCUT2D eigenvalue weighted by molar-refractivity contribution is 5.70. The molecule has 0 N–H and O–H groups in total. The molecule has 1 unspecified atom stereocenters. The van der Waals surface area contributed by atoms with Gasteiger partial charge in [-0.15, -0.1) is 0 Å². The van der Waals surface area contributed by atoms with Crippen molar-refractivity contribution in [1.29, 1.82) is 0 Å². The SMILES string of the molecule is Cc1ccc(C)c(-c2nc3c(c(N4CCN(C(=O)OC(C)(C)C)CC4C)n2)CN(c2cc(C(C)C)ccc2C)CC3)c1. The third-order valence-electron chi connectivity index (χ3n) is 8.46. The smallest absolute Gasteiger partial charge is 0.410 e. The Balaban J connectivity index is 1.54. The van der Waals surface area contributed by atoms with Crippen molar-refractivity contribution in [3.05, 3.63) is 69.9 Å². The Morgan fingerprint density at radius 1 is 0.976 bits per heavy atom. The van der Waals surface area contributed by atoms with Gasteiger partial charge in [0.15, 0.2) is 5.82 Å². The molecule has 1 atom stereocenters. The molecule has 0 bridgehead atoms. The van der Waals surface area contributed by atoms with Crippen LogP contribution < -0.4 is 9.80 Å². The van der Waals surface area contributed by atoms with Crippen LogP contribution in [0.1, 0.15) is 81.0 Å². The van der Waals surface area contributed by atoms with Crippen LogP contribution in [0.25, 0.3) is 11.4 Å². The van der Waals surface area contributed by atoms with E-state index in [1.165, 1.54) is 33.5 Å². The molecule has 42 heavy (non-hydrogen) atoms. The number of carbonyl (C=O) groups excluding carboxylic acids is 1. The van der Waals surface area contributed by atoms with Gasteiger partial charge in [0.2, 0.25) is 0 Å². The summed E-state index contributed by atoms with van der Waals surface area (Å²) in [6.07, 6.45) is 0.613. The van der Waals surface area contributed by atoms with E-state index in [1.54, 1.807) is 0 Å². The van der Waals surface area contributed by atoms with Gasteiger partial charge in [-0.25, -0.2) is 14.8 Å². The van der Waals surface area contributed by atoms with Crippen molar-refractivity contribution in [3.63, 3.8) is 0 Å². The third kappa shape index (κ3) is 6.25. The monoisotopic (exact) mass is 569 g/mol. The van der Waals surface area contributed by atoms with Gasteiger partial charge in [0.05, 0.1) is 5.69 Å². The van der Waals surface area contributed by atoms with Gasteiger partial charge in [-0.1, -0.05) is 43.7 Å². The van der Waals surface area contributed by atoms with E-state index in [2.05, 4.69) is 87.7 Å². The average Bonchev–Trinajstić information content (AvgIpc) is 2.92. The van der Waals surface area contributed by atoms with Crippen LogP contribution in [-0.2, 0) is 17.7 Å². The first-order valence-corrected chi connectivity index (χ1v) is 15.4. The topological polar surface area (TPSA) is 61.8 Å². The molecule has 2 aliphatic heterocycles. The second-order valence-electron chi connectivity index (χ2n) is 13.5. The molecule has 7 heteroatoms. The van der Waals surface area contributed by atoms with Gasteiger partial charge in [0.25, 0.3) is 0 Å². The summed E-state index contributed by atoms with van der Waals surface area (Å²) in [6.45, 7) is 22.4. The highest BCUT2D eigenvalue weighted by Crippen LogP contribution is 2.36. The molecule has 0 saturated carbocycles. The van der Waals surface area contributed by atoms with Crippen LogP contribution in [0.3, 0.4) is 0 Å². The normalized spacial score (nSPS) is 17.5. The summed E-state index contributed by atoms with van der Waals surface area (Å²) in [4.78, 5) is 30.1. The first kappa shape index (κ1) is 29.9. The zero-order chi connectivity index (χ0) is 30.3. The first-order chi connectivity index (χ1) is 19.8. The Morgan fingerprint density at radius 2 is 1.71 bits per heavy atom. The van der Waals surface area contributed by atoms with Crippen molar-refractivity contribution in [1.82, 2.24) is 14.9 Å². The molecule has 7 nitrogen and oxygen atoms in total. The molecule has 1 amide bonds. The predicted molar refractivity (Wildman–Crippen MR) is 172 cm³/mol. The summed E-state index contributed by atoms with van der Waals surface area (Å²) < 4.78 is 5.70. The lowest BCUT2D eigenvalue weighted by molar-refractivity contribution is 0.0218. The molecular weight excluding hydrogens is 522 g/mol. The maximum Gasteiger partial charge on any atom is 0.410 e. The van der Waals surface area contributed by atoms with Gasteiger partial charge in [-0.2, -0.15) is 0 Å². The Bertz CT molecular complexity index is 1470. The van der Waals surface area contributed by atoms with Crippen molar-refractivity contribution in [2.75, 3.05) is 36.0 Å². The third-order valence-corrected chi connectivity index (χ3v) is 8.46. The van der Waals surface area contributed by atoms with Crippen molar-refractivity contribution < 1.29 is 9.53 Å². The van der Waals surface area contributed by atoms with E-state index >= 15 is 0 Å². The number of anilines is 2. The fourth-order valence-electron chi connectivity index (χ4n) is 6.03. The van der Waals surface area contributed by atoms with Gasteiger partial charge in [0, 0.05) is 62.0 Å². The number of piperazine rings is 1. The van der Waals surface area contributed by atoms with E-state index in [0.717, 1.165) is 42.4 Å². The van der Waals surface area contributed by atoms with E-state index in [9.17, 15) is 4.79 Å². The molecule has 3 aromatic rings. The zero-order valence-electron chi connectivity index (χ0n) is 26.9. The van der Waals surface area contributed by atoms with Gasteiger partial charge in [-0.3, -0.25) is 0 Å². The first-order valence-electron chi connectivity index (χ1n) is 15.4. The summed E-state index contributed by atoms with van der Waals surface area (Å²) in [5.41, 5.74) is 9.21. The minimum Gasteiger partial charge on any atom is -0.444 e. The van der Waals surface area contributed by atoms with Crippen molar-refractivity contribution in [3.8, 4) is 11.4 Å². The largest absolute Gasteiger partial charge is 0.444 e. The molecule has 3 heterocycles. The molecular formula is C35H47N5O2. The van der Waals surface area contributed by atoms with Crippen LogP contribution in [-0.4, -0.2) is 58.8 Å². The molecule has 5 rings (SSSR count). The second-order valence-corrected chi connectivity index (χ2v) is 13.5. The van der Waals surface area contributed by atoms with E-state index in [4.69, 9.17) is 14.7 Å². The number of hydrogen-bond donors (Lipinski definition) is 0. The number of rotatable bonds is 4. The fourth-order valence-corrected chi connectivity index (χ4v) is 6.03. The van der Waals surface area contributed by atoms with Crippen molar-refractivity contribution in [2.24, 2.45) is 0 Å². The van der Waals surface area contributed by atoms with Crippen LogP contribution >= 0.6 is 0 Å². The lowest BCUT2D eigenvalue weighted by Gasteiger charge is -2.42. The van der Waals surface area contributed by atoms with Crippen LogP contribution in [0.15, 0.2) is 36.4 Å². The lowest BCUT2D eigenvalue weighted by Crippen LogP contribution is -2.55. The minimum absolute atomic E-state index is 0.0816. The number of nitrogens with zero attached hydrogens (tertiary/aromatic N) is 5. The Morgan fingerprint density at radius 3 is 2.40 bits per heavy atom. The van der Waals surface area contributed by atoms with Gasteiger partial charge < -0.3 is 19.4 Å². The fraction of sp³-hybridized carbons (Fsp3) is 0.514. The number of benzene rings is 2. The van der Waals surface area contributed by atoms with Gasteiger partial charge in [-0.05, 0) is 83.2 Å². The molecule has 1 saturated heterocycles. The maximum atomic E-state index is 12.9. The summed E-state index contributed by atoms with van der Waals surface area (Å²) in [5.74, 6) is 2.26. The molecule has 2 aromatic carbocycles. The number of hydrogen-bond acceptors (Lipinski definition) is 6. The Hall–Kier alpha value is -3.61. The Labute approximate surface area is 251 Å². The highest BCUT2D eigenvalue weighted by atomic mass is 16.6. The maximum absolute atomic E-state index is 12.9. The summed E-state index contributed by atoms with van der Waals surface area (Å²) >= 11 is 0.